The van der Waals surface area contributed by atoms with Gasteiger partial charge in [0.2, 0.25) is 0 Å². The van der Waals surface area contributed by atoms with E-state index in [1.165, 1.54) is 6.07 Å². The molecule has 0 amide bonds. The summed E-state index contributed by atoms with van der Waals surface area (Å²) in [6.45, 7) is 0. The lowest BCUT2D eigenvalue weighted by Gasteiger charge is -2.12. The molecule has 1 atom stereocenters. The number of alkyl halides is 2. The van der Waals surface area contributed by atoms with E-state index in [1.807, 2.05) is 0 Å². The zero-order valence-electron chi connectivity index (χ0n) is 6.48. The summed E-state index contributed by atoms with van der Waals surface area (Å²) in [7, 11) is 0. The van der Waals surface area contributed by atoms with E-state index in [2.05, 4.69) is 15.9 Å². The molecule has 1 rings (SSSR count). The summed E-state index contributed by atoms with van der Waals surface area (Å²) in [6, 6.07) is 3.34. The Morgan fingerprint density at radius 1 is 1.38 bits per heavy atom. The molecule has 0 aliphatic rings. The van der Waals surface area contributed by atoms with Crippen LogP contribution < -0.4 is 5.73 Å². The van der Waals surface area contributed by atoms with Gasteiger partial charge < -0.3 is 5.73 Å². The molecule has 0 aromatic heterocycles. The van der Waals surface area contributed by atoms with Crippen molar-refractivity contribution in [1.29, 1.82) is 0 Å². The topological polar surface area (TPSA) is 26.0 Å². The summed E-state index contributed by atoms with van der Waals surface area (Å²) in [5.74, 6) is 0. The molecular formula is C8H7BrClF2N. The molecule has 0 unspecified atom stereocenters. The number of hydrogen-bond donors (Lipinski definition) is 1. The van der Waals surface area contributed by atoms with Crippen LogP contribution in [0.2, 0.25) is 5.02 Å². The quantitative estimate of drug-likeness (QED) is 0.876. The average Bonchev–Trinajstić information content (AvgIpc) is 2.08. The second-order valence-corrected chi connectivity index (χ2v) is 3.82. The Morgan fingerprint density at radius 3 is 2.54 bits per heavy atom. The second kappa shape index (κ2) is 4.35. The van der Waals surface area contributed by atoms with Crippen molar-refractivity contribution in [3.05, 3.63) is 33.3 Å². The maximum atomic E-state index is 12.2. The fraction of sp³-hybridized carbons (Fsp3) is 0.250. The summed E-state index contributed by atoms with van der Waals surface area (Å²) in [6.07, 6.45) is -2.59. The molecule has 0 aliphatic carbocycles. The Labute approximate surface area is 88.0 Å². The van der Waals surface area contributed by atoms with E-state index in [4.69, 9.17) is 17.3 Å². The maximum absolute atomic E-state index is 12.2. The first-order valence-electron chi connectivity index (χ1n) is 3.51. The number of rotatable bonds is 2. The van der Waals surface area contributed by atoms with Crippen molar-refractivity contribution < 1.29 is 8.78 Å². The summed E-state index contributed by atoms with van der Waals surface area (Å²) in [5, 5.41) is 0.398. The van der Waals surface area contributed by atoms with Crippen molar-refractivity contribution in [2.75, 3.05) is 0 Å². The van der Waals surface area contributed by atoms with E-state index in [-0.39, 0.29) is 0 Å². The van der Waals surface area contributed by atoms with Gasteiger partial charge in [-0.05, 0) is 23.8 Å². The van der Waals surface area contributed by atoms with Crippen LogP contribution in [0.15, 0.2) is 22.7 Å². The number of hydrogen-bond acceptors (Lipinski definition) is 1. The Hall–Kier alpha value is -0.190. The molecule has 0 spiro atoms. The predicted octanol–water partition coefficient (Wildman–Crippen LogP) is 3.37. The van der Waals surface area contributed by atoms with Crippen molar-refractivity contribution in [1.82, 2.24) is 0 Å². The van der Waals surface area contributed by atoms with Crippen molar-refractivity contribution in [3.63, 3.8) is 0 Å². The first-order valence-corrected chi connectivity index (χ1v) is 4.68. The molecule has 13 heavy (non-hydrogen) atoms. The van der Waals surface area contributed by atoms with Crippen LogP contribution in [-0.2, 0) is 0 Å². The van der Waals surface area contributed by atoms with Crippen molar-refractivity contribution >= 4 is 27.5 Å². The smallest absolute Gasteiger partial charge is 0.257 e. The molecule has 0 heterocycles. The first-order chi connectivity index (χ1) is 6.02. The minimum atomic E-state index is -2.59. The van der Waals surface area contributed by atoms with Gasteiger partial charge in [0.15, 0.2) is 0 Å². The summed E-state index contributed by atoms with van der Waals surface area (Å²) >= 11 is 8.77. The second-order valence-electron chi connectivity index (χ2n) is 2.53. The van der Waals surface area contributed by atoms with Crippen LogP contribution >= 0.6 is 27.5 Å². The van der Waals surface area contributed by atoms with E-state index in [0.717, 1.165) is 0 Å². The van der Waals surface area contributed by atoms with Gasteiger partial charge in [-0.2, -0.15) is 0 Å². The highest BCUT2D eigenvalue weighted by atomic mass is 79.9. The van der Waals surface area contributed by atoms with Gasteiger partial charge in [-0.25, -0.2) is 8.78 Å². The monoisotopic (exact) mass is 269 g/mol. The van der Waals surface area contributed by atoms with Crippen molar-refractivity contribution in [3.8, 4) is 0 Å². The average molecular weight is 271 g/mol. The zero-order valence-corrected chi connectivity index (χ0v) is 8.82. The van der Waals surface area contributed by atoms with Crippen LogP contribution in [-0.4, -0.2) is 6.43 Å². The van der Waals surface area contributed by atoms with E-state index < -0.39 is 12.5 Å². The molecule has 72 valence electrons. The van der Waals surface area contributed by atoms with Gasteiger partial charge in [0, 0.05) is 9.50 Å². The molecule has 0 radical (unpaired) electrons. The van der Waals surface area contributed by atoms with Crippen LogP contribution in [0.4, 0.5) is 8.78 Å². The van der Waals surface area contributed by atoms with Gasteiger partial charge in [-0.15, -0.1) is 0 Å². The largest absolute Gasteiger partial charge is 0.319 e. The number of nitrogens with two attached hydrogens (primary N) is 1. The summed E-state index contributed by atoms with van der Waals surface area (Å²) in [5.41, 5.74) is 5.59. The lowest BCUT2D eigenvalue weighted by atomic mass is 10.1. The van der Waals surface area contributed by atoms with E-state index >= 15 is 0 Å². The Balaban J connectivity index is 3.05. The van der Waals surface area contributed by atoms with Crippen LogP contribution in [0.25, 0.3) is 0 Å². The van der Waals surface area contributed by atoms with Gasteiger partial charge in [0.25, 0.3) is 6.43 Å². The minimum Gasteiger partial charge on any atom is -0.319 e. The van der Waals surface area contributed by atoms with Gasteiger partial charge in [-0.1, -0.05) is 27.5 Å². The Bertz CT molecular complexity index is 306. The van der Waals surface area contributed by atoms with Crippen molar-refractivity contribution in [2.45, 2.75) is 12.5 Å². The fourth-order valence-corrected chi connectivity index (χ4v) is 1.60. The van der Waals surface area contributed by atoms with E-state index in [1.54, 1.807) is 12.1 Å². The van der Waals surface area contributed by atoms with Crippen LogP contribution in [0.5, 0.6) is 0 Å². The molecule has 2 N–H and O–H groups in total. The van der Waals surface area contributed by atoms with E-state index in [0.29, 0.717) is 15.1 Å². The summed E-state index contributed by atoms with van der Waals surface area (Å²) in [4.78, 5) is 0. The van der Waals surface area contributed by atoms with Crippen LogP contribution in [0.3, 0.4) is 0 Å². The SMILES string of the molecule is N[C@@H](c1cc(Cl)ccc1Br)C(F)F. The third kappa shape index (κ3) is 2.62. The van der Waals surface area contributed by atoms with E-state index in [9.17, 15) is 8.78 Å². The highest BCUT2D eigenvalue weighted by molar-refractivity contribution is 9.10. The molecule has 0 aliphatic heterocycles. The third-order valence-electron chi connectivity index (χ3n) is 1.59. The van der Waals surface area contributed by atoms with Crippen LogP contribution in [0.1, 0.15) is 11.6 Å². The number of benzene rings is 1. The normalized spacial score (nSPS) is 13.4. The van der Waals surface area contributed by atoms with Crippen LogP contribution in [0, 0.1) is 0 Å². The predicted molar refractivity (Wildman–Crippen MR) is 52.1 cm³/mol. The lowest BCUT2D eigenvalue weighted by molar-refractivity contribution is 0.116. The molecule has 0 fully saturated rings. The molecule has 0 bridgehead atoms. The molecule has 1 aromatic carbocycles. The Morgan fingerprint density at radius 2 is 2.00 bits per heavy atom. The summed E-state index contributed by atoms with van der Waals surface area (Å²) < 4.78 is 25.0. The molecule has 0 saturated carbocycles. The van der Waals surface area contributed by atoms with Gasteiger partial charge in [-0.3, -0.25) is 0 Å². The van der Waals surface area contributed by atoms with Crippen molar-refractivity contribution in [2.24, 2.45) is 5.73 Å². The Kier molecular flexibility index (Phi) is 3.64. The molecular weight excluding hydrogens is 263 g/mol. The zero-order chi connectivity index (χ0) is 10.0. The lowest BCUT2D eigenvalue weighted by Crippen LogP contribution is -2.19. The first kappa shape index (κ1) is 10.9. The molecule has 5 heteroatoms. The number of halogens is 4. The minimum absolute atomic E-state index is 0.322. The van der Waals surface area contributed by atoms with Gasteiger partial charge in [0.05, 0.1) is 6.04 Å². The maximum Gasteiger partial charge on any atom is 0.257 e. The van der Waals surface area contributed by atoms with Gasteiger partial charge in [0.1, 0.15) is 0 Å². The fourth-order valence-electron chi connectivity index (χ4n) is 0.906. The third-order valence-corrected chi connectivity index (χ3v) is 2.55. The molecule has 1 nitrogen and oxygen atoms in total. The highest BCUT2D eigenvalue weighted by Crippen LogP contribution is 2.28. The highest BCUT2D eigenvalue weighted by Gasteiger charge is 2.19. The standard InChI is InChI=1S/C8H7BrClF2N/c9-6-2-1-4(10)3-5(6)7(13)8(11)12/h1-3,7-8H,13H2/t7-/m0/s1. The molecule has 0 saturated heterocycles. The molecule has 1 aromatic rings. The van der Waals surface area contributed by atoms with Gasteiger partial charge >= 0.3 is 0 Å².